The van der Waals surface area contributed by atoms with Crippen LogP contribution in [-0.4, -0.2) is 37.6 Å². The van der Waals surface area contributed by atoms with E-state index in [1.54, 1.807) is 11.3 Å². The topological polar surface area (TPSA) is 58.5 Å². The van der Waals surface area contributed by atoms with Gasteiger partial charge in [0.05, 0.1) is 22.8 Å². The van der Waals surface area contributed by atoms with Gasteiger partial charge in [-0.2, -0.15) is 5.10 Å². The van der Waals surface area contributed by atoms with E-state index in [1.807, 2.05) is 24.3 Å². The quantitative estimate of drug-likeness (QED) is 0.486. The highest BCUT2D eigenvalue weighted by atomic mass is 35.5. The van der Waals surface area contributed by atoms with Crippen molar-refractivity contribution >= 4 is 27.9 Å². The Bertz CT molecular complexity index is 1130. The van der Waals surface area contributed by atoms with Gasteiger partial charge in [-0.25, -0.2) is 4.98 Å². The molecule has 1 aliphatic heterocycles. The molecule has 3 aromatic heterocycles. The number of halogens is 1. The van der Waals surface area contributed by atoms with Gasteiger partial charge in [0.1, 0.15) is 12.4 Å². The Labute approximate surface area is 178 Å². The first-order chi connectivity index (χ1) is 14.2. The molecule has 6 nitrogen and oxygen atoms in total. The number of nitrogens with one attached hydrogen (secondary N) is 1. The fraction of sp³-hybridized carbons (Fsp3) is 0.333. The van der Waals surface area contributed by atoms with E-state index in [0.29, 0.717) is 17.5 Å². The number of rotatable bonds is 6. The van der Waals surface area contributed by atoms with Crippen LogP contribution in [0, 0.1) is 6.92 Å². The Morgan fingerprint density at radius 1 is 1.34 bits per heavy atom. The summed E-state index contributed by atoms with van der Waals surface area (Å²) in [4.78, 5) is 8.23. The summed E-state index contributed by atoms with van der Waals surface area (Å²) >= 11 is 7.69. The van der Waals surface area contributed by atoms with Crippen LogP contribution < -0.4 is 4.74 Å². The molecule has 0 spiro atoms. The Balaban J connectivity index is 1.20. The summed E-state index contributed by atoms with van der Waals surface area (Å²) in [5, 5.41) is 10.4. The van der Waals surface area contributed by atoms with Crippen molar-refractivity contribution in [2.75, 3.05) is 13.1 Å². The van der Waals surface area contributed by atoms with E-state index in [0.717, 1.165) is 53.8 Å². The lowest BCUT2D eigenvalue weighted by Crippen LogP contribution is -2.21. The summed E-state index contributed by atoms with van der Waals surface area (Å²) in [6, 6.07) is 9.57. The fourth-order valence-electron chi connectivity index (χ4n) is 3.94. The number of likely N-dealkylation sites (tertiary alicyclic amines) is 1. The van der Waals surface area contributed by atoms with Gasteiger partial charge in [0.15, 0.2) is 4.96 Å². The predicted molar refractivity (Wildman–Crippen MR) is 115 cm³/mol. The number of hydrogen-bond donors (Lipinski definition) is 1. The monoisotopic (exact) mass is 427 g/mol. The van der Waals surface area contributed by atoms with Crippen molar-refractivity contribution < 1.29 is 4.74 Å². The number of imidazole rings is 1. The Kier molecular flexibility index (Phi) is 5.03. The highest BCUT2D eigenvalue weighted by Gasteiger charge is 2.27. The summed E-state index contributed by atoms with van der Waals surface area (Å²) in [7, 11) is 0. The average molecular weight is 428 g/mol. The molecular formula is C21H22ClN5OS. The molecule has 0 aliphatic carbocycles. The maximum Gasteiger partial charge on any atom is 0.194 e. The first kappa shape index (κ1) is 18.7. The van der Waals surface area contributed by atoms with Crippen molar-refractivity contribution in [1.82, 2.24) is 24.5 Å². The minimum atomic E-state index is 0.442. The molecule has 8 heteroatoms. The van der Waals surface area contributed by atoms with Crippen LogP contribution in [0.5, 0.6) is 5.75 Å². The second-order valence-corrected chi connectivity index (χ2v) is 8.79. The molecule has 1 aliphatic rings. The number of aryl methyl sites for hydroxylation is 1. The minimum Gasteiger partial charge on any atom is -0.487 e. The highest BCUT2D eigenvalue weighted by molar-refractivity contribution is 7.15. The van der Waals surface area contributed by atoms with E-state index in [2.05, 4.69) is 49.0 Å². The van der Waals surface area contributed by atoms with Gasteiger partial charge in [-0.15, -0.1) is 11.3 Å². The zero-order valence-corrected chi connectivity index (χ0v) is 17.7. The molecule has 1 N–H and O–H groups in total. The van der Waals surface area contributed by atoms with Gasteiger partial charge < -0.3 is 4.74 Å². The first-order valence-electron chi connectivity index (χ1n) is 9.71. The molecule has 4 aromatic rings. The van der Waals surface area contributed by atoms with Crippen molar-refractivity contribution in [2.24, 2.45) is 0 Å². The van der Waals surface area contributed by atoms with Crippen molar-refractivity contribution in [1.29, 1.82) is 0 Å². The van der Waals surface area contributed by atoms with Crippen LogP contribution >= 0.6 is 22.9 Å². The normalized spacial score (nSPS) is 17.4. The van der Waals surface area contributed by atoms with E-state index >= 15 is 0 Å². The molecule has 150 valence electrons. The predicted octanol–water partition coefficient (Wildman–Crippen LogP) is 4.65. The zero-order valence-electron chi connectivity index (χ0n) is 16.1. The molecule has 1 fully saturated rings. The average Bonchev–Trinajstić information content (AvgIpc) is 3.47. The Hall–Kier alpha value is -2.35. The van der Waals surface area contributed by atoms with Crippen LogP contribution in [0.2, 0.25) is 5.02 Å². The van der Waals surface area contributed by atoms with Gasteiger partial charge in [-0.3, -0.25) is 14.4 Å². The third kappa shape index (κ3) is 3.90. The molecule has 1 aromatic carbocycles. The number of hydrogen-bond acceptors (Lipinski definition) is 5. The molecule has 1 atom stereocenters. The molecule has 0 amide bonds. The van der Waals surface area contributed by atoms with Gasteiger partial charge in [0.2, 0.25) is 0 Å². The van der Waals surface area contributed by atoms with Gasteiger partial charge >= 0.3 is 0 Å². The summed E-state index contributed by atoms with van der Waals surface area (Å²) in [5.41, 5.74) is 4.51. The molecule has 1 saturated heterocycles. The van der Waals surface area contributed by atoms with Crippen molar-refractivity contribution in [3.05, 3.63) is 69.7 Å². The second-order valence-electron chi connectivity index (χ2n) is 7.48. The van der Waals surface area contributed by atoms with Gasteiger partial charge in [0.25, 0.3) is 0 Å². The van der Waals surface area contributed by atoms with E-state index in [1.165, 1.54) is 5.69 Å². The molecular weight excluding hydrogens is 406 g/mol. The molecule has 4 heterocycles. The number of thiazole rings is 1. The lowest BCUT2D eigenvalue weighted by Gasteiger charge is -2.15. The largest absolute Gasteiger partial charge is 0.487 e. The zero-order chi connectivity index (χ0) is 19.8. The summed E-state index contributed by atoms with van der Waals surface area (Å²) in [6.45, 7) is 5.56. The molecule has 5 rings (SSSR count). The van der Waals surface area contributed by atoms with Gasteiger partial charge in [-0.05, 0) is 44.2 Å². The lowest BCUT2D eigenvalue weighted by atomic mass is 10.1. The van der Waals surface area contributed by atoms with Crippen molar-refractivity contribution in [3.8, 4) is 5.75 Å². The van der Waals surface area contributed by atoms with Crippen LogP contribution in [0.1, 0.15) is 35.1 Å². The van der Waals surface area contributed by atoms with Gasteiger partial charge in [0, 0.05) is 35.6 Å². The molecule has 29 heavy (non-hydrogen) atoms. The molecule has 0 saturated carbocycles. The van der Waals surface area contributed by atoms with Crippen LogP contribution in [0.25, 0.3) is 4.96 Å². The van der Waals surface area contributed by atoms with Gasteiger partial charge in [-0.1, -0.05) is 17.7 Å². The van der Waals surface area contributed by atoms with E-state index < -0.39 is 0 Å². The SMILES string of the molecule is Cc1nc2sccn2c1CN1CC[C@H](c2cc(COc3cccc(Cl)c3)[nH]n2)C1. The van der Waals surface area contributed by atoms with E-state index in [9.17, 15) is 0 Å². The van der Waals surface area contributed by atoms with Crippen LogP contribution in [-0.2, 0) is 13.2 Å². The summed E-state index contributed by atoms with van der Waals surface area (Å²) in [6.07, 6.45) is 3.23. The standard InChI is InChI=1S/C21H22ClN5OS/c1-14-20(27-7-8-29-21(27)23-14)12-26-6-5-15(11-26)19-10-17(24-25-19)13-28-18-4-2-3-16(22)9-18/h2-4,7-10,15H,5-6,11-13H2,1H3,(H,24,25)/t15-/m0/s1. The first-order valence-corrected chi connectivity index (χ1v) is 11.0. The third-order valence-electron chi connectivity index (χ3n) is 5.47. The summed E-state index contributed by atoms with van der Waals surface area (Å²) < 4.78 is 8.03. The van der Waals surface area contributed by atoms with E-state index in [4.69, 9.17) is 16.3 Å². The van der Waals surface area contributed by atoms with Crippen LogP contribution in [0.15, 0.2) is 41.9 Å². The number of aromatic amines is 1. The van der Waals surface area contributed by atoms with E-state index in [-0.39, 0.29) is 0 Å². The third-order valence-corrected chi connectivity index (χ3v) is 6.46. The van der Waals surface area contributed by atoms with Crippen LogP contribution in [0.3, 0.4) is 0 Å². The molecule has 0 unspecified atom stereocenters. The van der Waals surface area contributed by atoms with Crippen molar-refractivity contribution in [2.45, 2.75) is 32.4 Å². The smallest absolute Gasteiger partial charge is 0.194 e. The van der Waals surface area contributed by atoms with Crippen LogP contribution in [0.4, 0.5) is 0 Å². The molecule has 0 bridgehead atoms. The number of aromatic nitrogens is 4. The lowest BCUT2D eigenvalue weighted by molar-refractivity contribution is 0.301. The summed E-state index contributed by atoms with van der Waals surface area (Å²) in [5.74, 6) is 1.20. The fourth-order valence-corrected chi connectivity index (χ4v) is 4.90. The Morgan fingerprint density at radius 3 is 3.17 bits per heavy atom. The number of nitrogens with zero attached hydrogens (tertiary/aromatic N) is 4. The van der Waals surface area contributed by atoms with Crippen molar-refractivity contribution in [3.63, 3.8) is 0 Å². The molecule has 0 radical (unpaired) electrons. The number of ether oxygens (including phenoxy) is 1. The number of H-pyrrole nitrogens is 1. The maximum atomic E-state index is 6.01. The second kappa shape index (κ2) is 7.82. The minimum absolute atomic E-state index is 0.442. The Morgan fingerprint density at radius 2 is 2.28 bits per heavy atom. The maximum absolute atomic E-state index is 6.01. The number of fused-ring (bicyclic) bond motifs is 1. The number of benzene rings is 1. The highest BCUT2D eigenvalue weighted by Crippen LogP contribution is 2.29.